The van der Waals surface area contributed by atoms with Crippen LogP contribution in [0.2, 0.25) is 5.02 Å². The first kappa shape index (κ1) is 25.3. The SMILES string of the molecule is CCOc1ccc(S(=O)(=O)N2CCC(C(=O)N3C[C@@H](C(=O)OC)Oc4ccccc43)CC2)cc1Cl. The van der Waals surface area contributed by atoms with Gasteiger partial charge in [-0.15, -0.1) is 0 Å². The fourth-order valence-corrected chi connectivity index (χ4v) is 6.12. The number of ether oxygens (including phenoxy) is 3. The minimum atomic E-state index is -3.78. The Hall–Kier alpha value is -2.82. The van der Waals surface area contributed by atoms with Gasteiger partial charge < -0.3 is 19.1 Å². The highest BCUT2D eigenvalue weighted by Crippen LogP contribution is 2.36. The minimum Gasteiger partial charge on any atom is -0.492 e. The molecule has 4 rings (SSSR count). The van der Waals surface area contributed by atoms with Crippen LogP contribution in [0.5, 0.6) is 11.5 Å². The number of rotatable bonds is 6. The number of piperidine rings is 1. The molecule has 0 saturated carbocycles. The number of nitrogens with zero attached hydrogens (tertiary/aromatic N) is 2. The van der Waals surface area contributed by atoms with Gasteiger partial charge in [0.15, 0.2) is 0 Å². The summed E-state index contributed by atoms with van der Waals surface area (Å²) >= 11 is 6.19. The molecule has 1 atom stereocenters. The van der Waals surface area contributed by atoms with Crippen molar-refractivity contribution < 1.29 is 32.2 Å². The van der Waals surface area contributed by atoms with Gasteiger partial charge in [0.25, 0.3) is 0 Å². The standard InChI is InChI=1S/C24H27ClN2O7S/c1-3-33-20-9-8-17(14-18(20)25)35(30,31)26-12-10-16(11-13-26)23(28)27-15-22(24(29)32-2)34-21-7-5-4-6-19(21)27/h4-9,14,16,22H,3,10-13,15H2,1-2H3/t22-/m0/s1. The van der Waals surface area contributed by atoms with Gasteiger partial charge in [0, 0.05) is 19.0 Å². The molecule has 0 spiro atoms. The summed E-state index contributed by atoms with van der Waals surface area (Å²) in [5, 5.41) is 0.226. The Morgan fingerprint density at radius 2 is 1.86 bits per heavy atom. The number of hydrogen-bond donors (Lipinski definition) is 0. The average Bonchev–Trinajstić information content (AvgIpc) is 2.88. The number of halogens is 1. The van der Waals surface area contributed by atoms with Crippen LogP contribution in [-0.4, -0.2) is 64.1 Å². The van der Waals surface area contributed by atoms with Crippen molar-refractivity contribution in [3.8, 4) is 11.5 Å². The van der Waals surface area contributed by atoms with Gasteiger partial charge in [0.2, 0.25) is 22.0 Å². The second kappa shape index (κ2) is 10.4. The van der Waals surface area contributed by atoms with Crippen LogP contribution in [0.4, 0.5) is 5.69 Å². The van der Waals surface area contributed by atoms with Crippen LogP contribution in [0.25, 0.3) is 0 Å². The van der Waals surface area contributed by atoms with Crippen molar-refractivity contribution in [1.29, 1.82) is 0 Å². The second-order valence-electron chi connectivity index (χ2n) is 8.25. The van der Waals surface area contributed by atoms with Crippen molar-refractivity contribution in [2.24, 2.45) is 5.92 Å². The minimum absolute atomic E-state index is 0.0334. The van der Waals surface area contributed by atoms with Crippen LogP contribution >= 0.6 is 11.6 Å². The van der Waals surface area contributed by atoms with E-state index in [9.17, 15) is 18.0 Å². The molecule has 0 unspecified atom stereocenters. The first-order chi connectivity index (χ1) is 16.8. The largest absolute Gasteiger partial charge is 0.492 e. The molecule has 2 aromatic rings. The monoisotopic (exact) mass is 522 g/mol. The molecule has 0 radical (unpaired) electrons. The smallest absolute Gasteiger partial charge is 0.348 e. The maximum atomic E-state index is 13.5. The van der Waals surface area contributed by atoms with E-state index in [-0.39, 0.29) is 35.5 Å². The van der Waals surface area contributed by atoms with E-state index in [0.29, 0.717) is 36.6 Å². The molecular formula is C24H27ClN2O7S. The van der Waals surface area contributed by atoms with Crippen molar-refractivity contribution in [2.45, 2.75) is 30.8 Å². The normalized spacial score (nSPS) is 18.9. The quantitative estimate of drug-likeness (QED) is 0.537. The van der Waals surface area contributed by atoms with Gasteiger partial charge in [-0.25, -0.2) is 13.2 Å². The number of carbonyl (C=O) groups excluding carboxylic acids is 2. The van der Waals surface area contributed by atoms with Gasteiger partial charge in [-0.3, -0.25) is 4.79 Å². The van der Waals surface area contributed by atoms with E-state index in [2.05, 4.69) is 0 Å². The molecule has 1 fully saturated rings. The van der Waals surface area contributed by atoms with Gasteiger partial charge in [0.1, 0.15) is 11.5 Å². The van der Waals surface area contributed by atoms with Crippen LogP contribution in [-0.2, 0) is 24.3 Å². The number of carbonyl (C=O) groups is 2. The molecule has 1 amide bonds. The molecule has 2 aliphatic rings. The van der Waals surface area contributed by atoms with Crippen LogP contribution in [0.1, 0.15) is 19.8 Å². The summed E-state index contributed by atoms with van der Waals surface area (Å²) in [7, 11) is -2.51. The molecule has 11 heteroatoms. The Morgan fingerprint density at radius 1 is 1.14 bits per heavy atom. The van der Waals surface area contributed by atoms with Gasteiger partial charge >= 0.3 is 5.97 Å². The first-order valence-electron chi connectivity index (χ1n) is 11.3. The molecular weight excluding hydrogens is 496 g/mol. The Labute approximate surface area is 209 Å². The molecule has 35 heavy (non-hydrogen) atoms. The zero-order valence-corrected chi connectivity index (χ0v) is 21.0. The van der Waals surface area contributed by atoms with E-state index in [0.717, 1.165) is 0 Å². The maximum absolute atomic E-state index is 13.5. The molecule has 2 aliphatic heterocycles. The summed E-state index contributed by atoms with van der Waals surface area (Å²) in [4.78, 5) is 27.2. The van der Waals surface area contributed by atoms with Gasteiger partial charge in [-0.1, -0.05) is 23.7 Å². The van der Waals surface area contributed by atoms with E-state index in [4.69, 9.17) is 25.8 Å². The van der Waals surface area contributed by atoms with Crippen molar-refractivity contribution in [3.63, 3.8) is 0 Å². The van der Waals surface area contributed by atoms with Crippen LogP contribution < -0.4 is 14.4 Å². The fourth-order valence-electron chi connectivity index (χ4n) is 4.32. The molecule has 2 aromatic carbocycles. The lowest BCUT2D eigenvalue weighted by Gasteiger charge is -2.37. The lowest BCUT2D eigenvalue weighted by Crippen LogP contribution is -2.51. The lowest BCUT2D eigenvalue weighted by molar-refractivity contribution is -0.148. The summed E-state index contributed by atoms with van der Waals surface area (Å²) in [5.41, 5.74) is 0.580. The molecule has 0 N–H and O–H groups in total. The third kappa shape index (κ3) is 5.10. The zero-order valence-electron chi connectivity index (χ0n) is 19.5. The van der Waals surface area contributed by atoms with Gasteiger partial charge in [-0.2, -0.15) is 4.31 Å². The molecule has 0 aliphatic carbocycles. The van der Waals surface area contributed by atoms with Gasteiger partial charge in [0.05, 0.1) is 35.9 Å². The Kier molecular flexibility index (Phi) is 7.53. The fraction of sp³-hybridized carbons (Fsp3) is 0.417. The third-order valence-corrected chi connectivity index (χ3v) is 8.34. The van der Waals surface area contributed by atoms with Crippen molar-refractivity contribution in [3.05, 3.63) is 47.5 Å². The van der Waals surface area contributed by atoms with Gasteiger partial charge in [-0.05, 0) is 50.1 Å². The predicted octanol–water partition coefficient (Wildman–Crippen LogP) is 3.11. The van der Waals surface area contributed by atoms with Crippen molar-refractivity contribution in [2.75, 3.05) is 38.3 Å². The molecule has 2 heterocycles. The highest BCUT2D eigenvalue weighted by atomic mass is 35.5. The molecule has 0 bridgehead atoms. The zero-order chi connectivity index (χ0) is 25.2. The summed E-state index contributed by atoms with van der Waals surface area (Å²) < 4.78 is 43.6. The second-order valence-corrected chi connectivity index (χ2v) is 10.6. The third-order valence-electron chi connectivity index (χ3n) is 6.15. The number of benzene rings is 2. The topological polar surface area (TPSA) is 102 Å². The maximum Gasteiger partial charge on any atom is 0.348 e. The lowest BCUT2D eigenvalue weighted by atomic mass is 9.95. The first-order valence-corrected chi connectivity index (χ1v) is 13.2. The number of para-hydroxylation sites is 2. The number of anilines is 1. The van der Waals surface area contributed by atoms with Crippen LogP contribution in [0, 0.1) is 5.92 Å². The van der Waals surface area contributed by atoms with Crippen molar-refractivity contribution >= 4 is 39.2 Å². The summed E-state index contributed by atoms with van der Waals surface area (Å²) in [5.74, 6) is -0.277. The number of amides is 1. The summed E-state index contributed by atoms with van der Waals surface area (Å²) in [6.07, 6.45) is -0.222. The number of fused-ring (bicyclic) bond motifs is 1. The highest BCUT2D eigenvalue weighted by Gasteiger charge is 2.39. The Balaban J connectivity index is 1.47. The van der Waals surface area contributed by atoms with E-state index < -0.39 is 28.0 Å². The van der Waals surface area contributed by atoms with Crippen molar-refractivity contribution in [1.82, 2.24) is 4.31 Å². The summed E-state index contributed by atoms with van der Waals surface area (Å²) in [6.45, 7) is 2.65. The predicted molar refractivity (Wildman–Crippen MR) is 129 cm³/mol. The number of esters is 1. The van der Waals surface area contributed by atoms with Crippen LogP contribution in [0.3, 0.4) is 0 Å². The molecule has 0 aromatic heterocycles. The summed E-state index contributed by atoms with van der Waals surface area (Å²) in [6, 6.07) is 11.4. The molecule has 188 valence electrons. The number of sulfonamides is 1. The molecule has 9 nitrogen and oxygen atoms in total. The Morgan fingerprint density at radius 3 is 2.51 bits per heavy atom. The van der Waals surface area contributed by atoms with E-state index in [1.807, 2.05) is 6.92 Å². The van der Waals surface area contributed by atoms with Crippen LogP contribution in [0.15, 0.2) is 47.4 Å². The Bertz CT molecular complexity index is 1210. The van der Waals surface area contributed by atoms with E-state index in [1.54, 1.807) is 35.2 Å². The van der Waals surface area contributed by atoms with E-state index >= 15 is 0 Å². The van der Waals surface area contributed by atoms with E-state index in [1.165, 1.54) is 23.5 Å². The number of methoxy groups -OCH3 is 1. The average molecular weight is 523 g/mol. The molecule has 1 saturated heterocycles. The highest BCUT2D eigenvalue weighted by molar-refractivity contribution is 7.89. The number of hydrogen-bond acceptors (Lipinski definition) is 7.